The predicted molar refractivity (Wildman–Crippen MR) is 106 cm³/mol. The zero-order valence-corrected chi connectivity index (χ0v) is 17.0. The lowest BCUT2D eigenvalue weighted by Crippen LogP contribution is -2.25. The molecule has 0 spiro atoms. The predicted octanol–water partition coefficient (Wildman–Crippen LogP) is 4.31. The molecule has 3 N–H and O–H groups in total. The molecule has 0 saturated carbocycles. The van der Waals surface area contributed by atoms with Crippen molar-refractivity contribution in [2.75, 3.05) is 12.7 Å². The number of rotatable bonds is 9. The number of nitro groups is 1. The highest BCUT2D eigenvalue weighted by molar-refractivity contribution is 7.51. The number of nitrogens with one attached hydrogen (secondary N) is 1. The normalized spacial score (nSPS) is 13.3. The Morgan fingerprint density at radius 2 is 1.90 bits per heavy atom. The Labute approximate surface area is 176 Å². The van der Waals surface area contributed by atoms with Crippen molar-refractivity contribution in [1.29, 1.82) is 0 Å². The van der Waals surface area contributed by atoms with Gasteiger partial charge in [0.05, 0.1) is 13.1 Å². The van der Waals surface area contributed by atoms with Gasteiger partial charge in [0.2, 0.25) is 0 Å². The molecule has 0 aliphatic carbocycles. The average Bonchev–Trinajstić information content (AvgIpc) is 2.74. The summed E-state index contributed by atoms with van der Waals surface area (Å²) in [7, 11) is -2.14. The second kappa shape index (κ2) is 11.0. The Balaban J connectivity index is 1.83. The second-order valence-electron chi connectivity index (χ2n) is 6.41. The van der Waals surface area contributed by atoms with E-state index in [4.69, 9.17) is 4.74 Å². The van der Waals surface area contributed by atoms with Crippen molar-refractivity contribution in [2.24, 2.45) is 0 Å². The molecule has 0 saturated heterocycles. The van der Waals surface area contributed by atoms with Crippen LogP contribution in [0.3, 0.4) is 0 Å². The van der Waals surface area contributed by atoms with E-state index in [-0.39, 0.29) is 31.3 Å². The van der Waals surface area contributed by atoms with Crippen LogP contribution in [0.1, 0.15) is 29.0 Å². The van der Waals surface area contributed by atoms with Crippen LogP contribution in [0.25, 0.3) is 0 Å². The van der Waals surface area contributed by atoms with E-state index in [1.54, 1.807) is 24.3 Å². The molecule has 168 valence electrons. The van der Waals surface area contributed by atoms with Gasteiger partial charge in [-0.1, -0.05) is 30.3 Å². The number of nitrogens with zero attached hydrogens (tertiary/aromatic N) is 1. The van der Waals surface area contributed by atoms with E-state index in [1.807, 2.05) is 6.07 Å². The summed E-state index contributed by atoms with van der Waals surface area (Å²) < 4.78 is 44.2. The van der Waals surface area contributed by atoms with Gasteiger partial charge in [-0.2, -0.15) is 13.2 Å². The smallest absolute Gasteiger partial charge is 0.423 e. The Bertz CT molecular complexity index is 898. The van der Waals surface area contributed by atoms with Gasteiger partial charge in [-0.15, -0.1) is 0 Å². The third-order valence-corrected chi connectivity index (χ3v) is 5.79. The van der Waals surface area contributed by atoms with Crippen molar-refractivity contribution in [1.82, 2.24) is 5.32 Å². The molecular formula is C19H20F3N2O6P. The molecule has 0 radical (unpaired) electrons. The van der Waals surface area contributed by atoms with Gasteiger partial charge < -0.3 is 20.1 Å². The molecular weight excluding hydrogens is 440 g/mol. The van der Waals surface area contributed by atoms with Crippen LogP contribution in [-0.4, -0.2) is 33.7 Å². The fourth-order valence-corrected chi connectivity index (χ4v) is 3.83. The maximum Gasteiger partial charge on any atom is 0.423 e. The van der Waals surface area contributed by atoms with Gasteiger partial charge in [-0.25, -0.2) is 4.79 Å². The lowest BCUT2D eigenvalue weighted by molar-refractivity contribution is -0.388. The van der Waals surface area contributed by atoms with E-state index < -0.39 is 42.4 Å². The highest BCUT2D eigenvalue weighted by Gasteiger charge is 2.39. The fraction of sp³-hybridized carbons (Fsp3) is 0.316. The largest absolute Gasteiger partial charge is 0.445 e. The minimum atomic E-state index is -4.99. The number of hydrogen-bond acceptors (Lipinski definition) is 6. The summed E-state index contributed by atoms with van der Waals surface area (Å²) in [6, 6.07) is 11.1. The first-order chi connectivity index (χ1) is 14.6. The van der Waals surface area contributed by atoms with E-state index in [0.29, 0.717) is 12.1 Å². The minimum Gasteiger partial charge on any atom is -0.445 e. The number of carbonyl (C=O) groups is 1. The van der Waals surface area contributed by atoms with Gasteiger partial charge in [-0.3, -0.25) is 10.1 Å². The molecule has 2 aromatic carbocycles. The summed E-state index contributed by atoms with van der Waals surface area (Å²) in [5.74, 6) is -1.62. The molecule has 0 aliphatic rings. The number of aliphatic hydroxyl groups is 1. The third-order valence-electron chi connectivity index (χ3n) is 4.15. The van der Waals surface area contributed by atoms with Gasteiger partial charge in [0.25, 0.3) is 5.69 Å². The number of halogens is 3. The number of amides is 1. The van der Waals surface area contributed by atoms with Crippen LogP contribution in [0, 0.1) is 10.1 Å². The fourth-order valence-electron chi connectivity index (χ4n) is 2.60. The lowest BCUT2D eigenvalue weighted by Gasteiger charge is -2.19. The lowest BCUT2D eigenvalue weighted by atomic mass is 10.1. The van der Waals surface area contributed by atoms with Crippen molar-refractivity contribution in [3.63, 3.8) is 0 Å². The maximum absolute atomic E-state index is 13.1. The number of alkyl halides is 3. The van der Waals surface area contributed by atoms with Gasteiger partial charge in [0.1, 0.15) is 18.0 Å². The molecule has 2 atom stereocenters. The number of alkyl carbamates (subject to hydrolysis) is 1. The topological polar surface area (TPSA) is 122 Å². The Morgan fingerprint density at radius 1 is 1.23 bits per heavy atom. The van der Waals surface area contributed by atoms with Gasteiger partial charge >= 0.3 is 12.3 Å². The Hall–Kier alpha value is -2.75. The first kappa shape index (κ1) is 24.5. The zero-order valence-electron chi connectivity index (χ0n) is 16.1. The van der Waals surface area contributed by atoms with Crippen LogP contribution >= 0.6 is 8.15 Å². The molecule has 0 heterocycles. The summed E-state index contributed by atoms with van der Waals surface area (Å²) in [4.78, 5) is 31.4. The molecule has 2 aromatic rings. The summed E-state index contributed by atoms with van der Waals surface area (Å²) >= 11 is 0. The van der Waals surface area contributed by atoms with Crippen LogP contribution in [0.2, 0.25) is 0 Å². The molecule has 8 nitrogen and oxygen atoms in total. The first-order valence-electron chi connectivity index (χ1n) is 9.03. The average molecular weight is 460 g/mol. The van der Waals surface area contributed by atoms with E-state index in [0.717, 1.165) is 11.6 Å². The highest BCUT2D eigenvalue weighted by atomic mass is 31.1. The number of benzene rings is 2. The molecule has 31 heavy (non-hydrogen) atoms. The quantitative estimate of drug-likeness (QED) is 0.222. The standard InChI is InChI=1S/C19H20F3N2O6P/c20-19(21,22)15-11-14(7-8-16(15)24(27)28)17(25)31(29)10-4-9-23-18(26)30-12-13-5-2-1-3-6-13/h1-3,5-8,11,17,25,29H,4,9-10,12H2,(H,23,26). The summed E-state index contributed by atoms with van der Waals surface area (Å²) in [6.07, 6.45) is -5.40. The van der Waals surface area contributed by atoms with Crippen molar-refractivity contribution >= 4 is 19.9 Å². The minimum absolute atomic E-state index is 0.0216. The van der Waals surface area contributed by atoms with Crippen LogP contribution in [0.5, 0.6) is 0 Å². The van der Waals surface area contributed by atoms with Crippen molar-refractivity contribution in [3.05, 3.63) is 75.3 Å². The molecule has 0 bridgehead atoms. The van der Waals surface area contributed by atoms with E-state index in [1.165, 1.54) is 0 Å². The van der Waals surface area contributed by atoms with E-state index in [9.17, 15) is 38.1 Å². The number of hydrogen-bond donors (Lipinski definition) is 3. The molecule has 0 aromatic heterocycles. The van der Waals surface area contributed by atoms with Gasteiger partial charge in [0.15, 0.2) is 0 Å². The molecule has 2 unspecified atom stereocenters. The Kier molecular flexibility index (Phi) is 8.73. The second-order valence-corrected chi connectivity index (χ2v) is 8.23. The summed E-state index contributed by atoms with van der Waals surface area (Å²) in [5, 5.41) is 23.4. The van der Waals surface area contributed by atoms with Crippen molar-refractivity contribution < 1.29 is 37.6 Å². The Morgan fingerprint density at radius 3 is 2.52 bits per heavy atom. The monoisotopic (exact) mass is 460 g/mol. The molecule has 1 amide bonds. The number of aliphatic hydroxyl groups excluding tert-OH is 1. The van der Waals surface area contributed by atoms with Crippen molar-refractivity contribution in [2.45, 2.75) is 25.0 Å². The molecule has 12 heteroatoms. The molecule has 2 rings (SSSR count). The number of carbonyl (C=O) groups excluding carboxylic acids is 1. The van der Waals surface area contributed by atoms with Crippen LogP contribution in [0.15, 0.2) is 48.5 Å². The number of nitro benzene ring substituents is 1. The highest BCUT2D eigenvalue weighted by Crippen LogP contribution is 2.47. The maximum atomic E-state index is 13.1. The van der Waals surface area contributed by atoms with Crippen LogP contribution < -0.4 is 5.32 Å². The SMILES string of the molecule is O=C(NCCCP(O)C(O)c1ccc([N+](=O)[O-])c(C(F)(F)F)c1)OCc1ccccc1. The van der Waals surface area contributed by atoms with Gasteiger partial charge in [0, 0.05) is 12.6 Å². The summed E-state index contributed by atoms with van der Waals surface area (Å²) in [5.41, 5.74) is -2.10. The van der Waals surface area contributed by atoms with Gasteiger partial charge in [-0.05, 0) is 35.8 Å². The van der Waals surface area contributed by atoms with E-state index >= 15 is 0 Å². The first-order valence-corrected chi connectivity index (χ1v) is 10.6. The van der Waals surface area contributed by atoms with Crippen LogP contribution in [0.4, 0.5) is 23.7 Å². The summed E-state index contributed by atoms with van der Waals surface area (Å²) in [6.45, 7) is 0.202. The zero-order chi connectivity index (χ0) is 23.0. The van der Waals surface area contributed by atoms with Crippen LogP contribution in [-0.2, 0) is 17.5 Å². The van der Waals surface area contributed by atoms with E-state index in [2.05, 4.69) is 5.32 Å². The van der Waals surface area contributed by atoms with Crippen molar-refractivity contribution in [3.8, 4) is 0 Å². The molecule has 0 aliphatic heterocycles. The number of ether oxygens (including phenoxy) is 1. The molecule has 0 fully saturated rings. The third kappa shape index (κ3) is 7.46.